The van der Waals surface area contributed by atoms with Crippen molar-refractivity contribution in [3.05, 3.63) is 66.0 Å². The fourth-order valence-corrected chi connectivity index (χ4v) is 2.53. The second kappa shape index (κ2) is 9.36. The molecule has 0 unspecified atom stereocenters. The summed E-state index contributed by atoms with van der Waals surface area (Å²) in [7, 11) is 1.86. The van der Waals surface area contributed by atoms with E-state index < -0.39 is 0 Å². The summed E-state index contributed by atoms with van der Waals surface area (Å²) in [6.45, 7) is 1.44. The lowest BCUT2D eigenvalue weighted by atomic mass is 10.2. The van der Waals surface area contributed by atoms with E-state index in [0.29, 0.717) is 6.54 Å². The van der Waals surface area contributed by atoms with Crippen molar-refractivity contribution in [3.8, 4) is 0 Å². The van der Waals surface area contributed by atoms with Crippen LogP contribution in [0.25, 0.3) is 0 Å². The van der Waals surface area contributed by atoms with E-state index in [2.05, 4.69) is 37.0 Å². The van der Waals surface area contributed by atoms with Crippen molar-refractivity contribution in [2.24, 2.45) is 4.99 Å². The molecule has 3 heterocycles. The Balaban J connectivity index is 1.50. The molecule has 3 rings (SSSR count). The molecular weight excluding hydrogens is 324 g/mol. The molecule has 0 atom stereocenters. The van der Waals surface area contributed by atoms with Crippen molar-refractivity contribution in [1.29, 1.82) is 0 Å². The van der Waals surface area contributed by atoms with Gasteiger partial charge in [0.2, 0.25) is 0 Å². The van der Waals surface area contributed by atoms with Gasteiger partial charge in [0.15, 0.2) is 0 Å². The quantitative estimate of drug-likeness (QED) is 0.681. The van der Waals surface area contributed by atoms with Gasteiger partial charge in [0.1, 0.15) is 17.5 Å². The fraction of sp³-hybridized carbons (Fsp3) is 0.250. The number of aromatic nitrogens is 2. The molecular formula is C20H24N6. The van der Waals surface area contributed by atoms with E-state index in [9.17, 15) is 0 Å². The highest BCUT2D eigenvalue weighted by Crippen LogP contribution is 2.10. The Morgan fingerprint density at radius 3 is 2.65 bits per heavy atom. The number of hydrogen-bond acceptors (Lipinski definition) is 6. The second-order valence-electron chi connectivity index (χ2n) is 5.84. The number of nitrogens with zero attached hydrogens (tertiary/aromatic N) is 3. The van der Waals surface area contributed by atoms with Gasteiger partial charge >= 0.3 is 0 Å². The Labute approximate surface area is 154 Å². The van der Waals surface area contributed by atoms with Crippen LogP contribution in [0.2, 0.25) is 0 Å². The minimum Gasteiger partial charge on any atom is -0.373 e. The lowest BCUT2D eigenvalue weighted by Crippen LogP contribution is -2.10. The minimum atomic E-state index is 0.663. The number of anilines is 3. The zero-order valence-electron chi connectivity index (χ0n) is 14.9. The summed E-state index contributed by atoms with van der Waals surface area (Å²) in [5.74, 6) is 2.57. The number of nitrogens with one attached hydrogen (secondary N) is 3. The first kappa shape index (κ1) is 17.7. The first-order chi connectivity index (χ1) is 12.8. The summed E-state index contributed by atoms with van der Waals surface area (Å²) in [6.07, 6.45) is 9.78. The normalized spacial score (nSPS) is 13.0. The maximum absolute atomic E-state index is 4.66. The second-order valence-corrected chi connectivity index (χ2v) is 5.84. The van der Waals surface area contributed by atoms with Crippen LogP contribution in [-0.4, -0.2) is 36.3 Å². The number of hydrogen-bond donors (Lipinski definition) is 3. The zero-order valence-corrected chi connectivity index (χ0v) is 14.9. The van der Waals surface area contributed by atoms with Crippen LogP contribution in [0.1, 0.15) is 12.1 Å². The molecule has 6 heteroatoms. The maximum atomic E-state index is 4.66. The van der Waals surface area contributed by atoms with Crippen LogP contribution >= 0.6 is 0 Å². The van der Waals surface area contributed by atoms with Crippen molar-refractivity contribution in [2.75, 3.05) is 36.1 Å². The molecule has 0 radical (unpaired) electrons. The van der Waals surface area contributed by atoms with Gasteiger partial charge in [0.05, 0.1) is 12.2 Å². The highest BCUT2D eigenvalue weighted by molar-refractivity contribution is 5.62. The molecule has 0 aliphatic carbocycles. The predicted octanol–water partition coefficient (Wildman–Crippen LogP) is 3.50. The van der Waals surface area contributed by atoms with Crippen LogP contribution in [0, 0.1) is 0 Å². The molecule has 2 aromatic rings. The van der Waals surface area contributed by atoms with E-state index in [0.717, 1.165) is 48.2 Å². The standard InChI is InChI=1S/C20H24N6/c1-21-18-9-6-11-19(26-18)23-14-12-16-8-5-10-20(25-16)24-15-17-7-3-2-4-13-22-17/h2-3,5-11,13H,4,12,14-15H2,1H3,(H,24,25)(H2,21,23,26). The molecule has 0 saturated carbocycles. The average Bonchev–Trinajstić information content (AvgIpc) is 2.96. The molecule has 2 aromatic heterocycles. The molecule has 1 aliphatic heterocycles. The molecule has 6 nitrogen and oxygen atoms in total. The summed E-state index contributed by atoms with van der Waals surface area (Å²) >= 11 is 0. The zero-order chi connectivity index (χ0) is 18.0. The van der Waals surface area contributed by atoms with Gasteiger partial charge in [-0.15, -0.1) is 0 Å². The molecule has 0 amide bonds. The average molecular weight is 348 g/mol. The van der Waals surface area contributed by atoms with Crippen LogP contribution in [0.5, 0.6) is 0 Å². The molecule has 0 saturated heterocycles. The summed E-state index contributed by atoms with van der Waals surface area (Å²) in [6, 6.07) is 11.9. The number of rotatable bonds is 8. The van der Waals surface area contributed by atoms with Crippen molar-refractivity contribution < 1.29 is 0 Å². The Bertz CT molecular complexity index is 809. The SMILES string of the molecule is CNc1cccc(NCCc2cccc(NCC3=CC=CCC=N3)n2)n1. The van der Waals surface area contributed by atoms with Crippen LogP contribution in [0.15, 0.2) is 65.3 Å². The topological polar surface area (TPSA) is 74.2 Å². The van der Waals surface area contributed by atoms with Gasteiger partial charge in [-0.25, -0.2) is 9.97 Å². The third kappa shape index (κ3) is 5.44. The van der Waals surface area contributed by atoms with Crippen LogP contribution < -0.4 is 16.0 Å². The molecule has 0 spiro atoms. The highest BCUT2D eigenvalue weighted by atomic mass is 15.1. The van der Waals surface area contributed by atoms with Crippen LogP contribution in [-0.2, 0) is 6.42 Å². The Morgan fingerprint density at radius 1 is 0.962 bits per heavy atom. The van der Waals surface area contributed by atoms with E-state index in [1.54, 1.807) is 0 Å². The predicted molar refractivity (Wildman–Crippen MR) is 109 cm³/mol. The number of pyridine rings is 2. The molecule has 0 bridgehead atoms. The van der Waals surface area contributed by atoms with E-state index in [-0.39, 0.29) is 0 Å². The largest absolute Gasteiger partial charge is 0.373 e. The summed E-state index contributed by atoms with van der Waals surface area (Å²) in [5, 5.41) is 9.71. The molecule has 26 heavy (non-hydrogen) atoms. The number of allylic oxidation sites excluding steroid dienone is 3. The molecule has 0 fully saturated rings. The van der Waals surface area contributed by atoms with Crippen molar-refractivity contribution in [1.82, 2.24) is 9.97 Å². The lowest BCUT2D eigenvalue weighted by molar-refractivity contribution is 0.951. The molecule has 0 aromatic carbocycles. The van der Waals surface area contributed by atoms with Crippen molar-refractivity contribution in [3.63, 3.8) is 0 Å². The fourth-order valence-electron chi connectivity index (χ4n) is 2.53. The third-order valence-electron chi connectivity index (χ3n) is 3.87. The van der Waals surface area contributed by atoms with E-state index in [4.69, 9.17) is 0 Å². The maximum Gasteiger partial charge on any atom is 0.128 e. The molecule has 1 aliphatic rings. The summed E-state index contributed by atoms with van der Waals surface area (Å²) in [4.78, 5) is 13.5. The van der Waals surface area contributed by atoms with E-state index >= 15 is 0 Å². The first-order valence-electron chi connectivity index (χ1n) is 8.80. The third-order valence-corrected chi connectivity index (χ3v) is 3.87. The van der Waals surface area contributed by atoms with E-state index in [1.165, 1.54) is 0 Å². The molecule has 3 N–H and O–H groups in total. The Kier molecular flexibility index (Phi) is 6.36. The first-order valence-corrected chi connectivity index (χ1v) is 8.80. The Hall–Kier alpha value is -3.15. The van der Waals surface area contributed by atoms with Gasteiger partial charge in [-0.3, -0.25) is 4.99 Å². The van der Waals surface area contributed by atoms with Crippen molar-refractivity contribution in [2.45, 2.75) is 12.8 Å². The van der Waals surface area contributed by atoms with Crippen molar-refractivity contribution >= 4 is 23.7 Å². The number of aliphatic imine (C=N–C) groups is 1. The smallest absolute Gasteiger partial charge is 0.128 e. The highest BCUT2D eigenvalue weighted by Gasteiger charge is 2.01. The van der Waals surface area contributed by atoms with Gasteiger partial charge in [-0.1, -0.05) is 24.3 Å². The minimum absolute atomic E-state index is 0.663. The Morgan fingerprint density at radius 2 is 1.77 bits per heavy atom. The van der Waals surface area contributed by atoms with Gasteiger partial charge in [0, 0.05) is 38.3 Å². The summed E-state index contributed by atoms with van der Waals surface area (Å²) in [5.41, 5.74) is 2.04. The van der Waals surface area contributed by atoms with Gasteiger partial charge < -0.3 is 16.0 Å². The monoisotopic (exact) mass is 348 g/mol. The van der Waals surface area contributed by atoms with Gasteiger partial charge in [0.25, 0.3) is 0 Å². The van der Waals surface area contributed by atoms with Gasteiger partial charge in [-0.2, -0.15) is 0 Å². The van der Waals surface area contributed by atoms with E-state index in [1.807, 2.05) is 61.8 Å². The summed E-state index contributed by atoms with van der Waals surface area (Å²) < 4.78 is 0. The van der Waals surface area contributed by atoms with Gasteiger partial charge in [-0.05, 0) is 30.3 Å². The lowest BCUT2D eigenvalue weighted by Gasteiger charge is -2.09. The molecule has 134 valence electrons. The van der Waals surface area contributed by atoms with Crippen LogP contribution in [0.4, 0.5) is 17.5 Å². The van der Waals surface area contributed by atoms with Crippen LogP contribution in [0.3, 0.4) is 0 Å².